The quantitative estimate of drug-likeness (QED) is 0.739. The summed E-state index contributed by atoms with van der Waals surface area (Å²) in [7, 11) is 0. The highest BCUT2D eigenvalue weighted by Gasteiger charge is 2.10. The number of benzene rings is 1. The van der Waals surface area contributed by atoms with Crippen LogP contribution in [0.4, 0.5) is 5.69 Å². The van der Waals surface area contributed by atoms with Crippen molar-refractivity contribution < 1.29 is 4.74 Å². The maximum Gasteiger partial charge on any atom is 0.142 e. The molecule has 0 aliphatic heterocycles. The molecule has 0 aromatic heterocycles. The van der Waals surface area contributed by atoms with Gasteiger partial charge in [-0.2, -0.15) is 0 Å². The normalized spacial score (nSPS) is 10.8. The van der Waals surface area contributed by atoms with Crippen LogP contribution in [0.15, 0.2) is 18.2 Å². The van der Waals surface area contributed by atoms with Crippen molar-refractivity contribution in [2.45, 2.75) is 52.6 Å². The number of hydrogen-bond donors (Lipinski definition) is 1. The van der Waals surface area contributed by atoms with Crippen LogP contribution in [0.5, 0.6) is 5.75 Å². The minimum absolute atomic E-state index is 0.306. The van der Waals surface area contributed by atoms with Crippen LogP contribution in [-0.2, 0) is 0 Å². The number of anilines is 1. The van der Waals surface area contributed by atoms with Crippen molar-refractivity contribution in [2.75, 3.05) is 5.73 Å². The fraction of sp³-hybridized carbons (Fsp3) is 0.571. The zero-order valence-corrected chi connectivity index (χ0v) is 10.6. The Kier molecular flexibility index (Phi) is 5.17. The lowest BCUT2D eigenvalue weighted by Gasteiger charge is -2.19. The molecule has 0 aliphatic rings. The number of nitrogen functional groups attached to an aromatic ring is 1. The Bertz CT molecular complexity index is 317. The monoisotopic (exact) mass is 221 g/mol. The molecule has 1 rings (SSSR count). The molecule has 0 fully saturated rings. The average Bonchev–Trinajstić information content (AvgIpc) is 2.23. The van der Waals surface area contributed by atoms with Gasteiger partial charge in [-0.1, -0.05) is 32.8 Å². The molecular weight excluding hydrogens is 198 g/mol. The first-order valence-electron chi connectivity index (χ1n) is 6.20. The molecule has 0 amide bonds. The molecular formula is C14H23NO. The van der Waals surface area contributed by atoms with Crippen LogP contribution in [0.3, 0.4) is 0 Å². The molecule has 2 N–H and O–H groups in total. The van der Waals surface area contributed by atoms with E-state index < -0.39 is 0 Å². The summed E-state index contributed by atoms with van der Waals surface area (Å²) in [6, 6.07) is 5.98. The van der Waals surface area contributed by atoms with Gasteiger partial charge in [-0.3, -0.25) is 0 Å². The third-order valence-corrected chi connectivity index (χ3v) is 2.68. The van der Waals surface area contributed by atoms with Crippen LogP contribution in [0.1, 0.15) is 45.1 Å². The third kappa shape index (κ3) is 3.76. The van der Waals surface area contributed by atoms with Gasteiger partial charge in [-0.15, -0.1) is 0 Å². The minimum Gasteiger partial charge on any atom is -0.488 e. The van der Waals surface area contributed by atoms with Gasteiger partial charge in [0, 0.05) is 0 Å². The first-order valence-corrected chi connectivity index (χ1v) is 6.20. The van der Waals surface area contributed by atoms with E-state index in [-0.39, 0.29) is 0 Å². The highest BCUT2D eigenvalue weighted by Crippen LogP contribution is 2.25. The molecule has 1 aromatic rings. The summed E-state index contributed by atoms with van der Waals surface area (Å²) in [4.78, 5) is 0. The lowest BCUT2D eigenvalue weighted by Crippen LogP contribution is -2.16. The molecule has 0 saturated heterocycles. The van der Waals surface area contributed by atoms with E-state index in [1.165, 1.54) is 5.56 Å². The lowest BCUT2D eigenvalue weighted by atomic mass is 10.1. The zero-order valence-electron chi connectivity index (χ0n) is 10.6. The van der Waals surface area contributed by atoms with Crippen LogP contribution in [0.25, 0.3) is 0 Å². The molecule has 0 bridgehead atoms. The zero-order chi connectivity index (χ0) is 12.0. The highest BCUT2D eigenvalue weighted by atomic mass is 16.5. The first kappa shape index (κ1) is 12.9. The maximum atomic E-state index is 5.96. The largest absolute Gasteiger partial charge is 0.488 e. The minimum atomic E-state index is 0.306. The Morgan fingerprint density at radius 1 is 1.19 bits per heavy atom. The van der Waals surface area contributed by atoms with Gasteiger partial charge in [0.1, 0.15) is 5.75 Å². The highest BCUT2D eigenvalue weighted by molar-refractivity contribution is 5.54. The van der Waals surface area contributed by atoms with Crippen molar-refractivity contribution >= 4 is 5.69 Å². The summed E-state index contributed by atoms with van der Waals surface area (Å²) in [5, 5.41) is 0. The number of ether oxygens (including phenoxy) is 1. The second-order valence-electron chi connectivity index (χ2n) is 4.36. The summed E-state index contributed by atoms with van der Waals surface area (Å²) >= 11 is 0. The molecule has 1 aromatic carbocycles. The van der Waals surface area contributed by atoms with E-state index >= 15 is 0 Å². The number of hydrogen-bond acceptors (Lipinski definition) is 2. The molecule has 0 spiro atoms. The number of aryl methyl sites for hydroxylation is 1. The Balaban J connectivity index is 2.68. The number of nitrogens with two attached hydrogens (primary N) is 1. The maximum absolute atomic E-state index is 5.96. The Labute approximate surface area is 98.8 Å². The summed E-state index contributed by atoms with van der Waals surface area (Å²) < 4.78 is 5.96. The van der Waals surface area contributed by atoms with Gasteiger partial charge in [0.05, 0.1) is 11.8 Å². The van der Waals surface area contributed by atoms with E-state index in [0.29, 0.717) is 6.10 Å². The van der Waals surface area contributed by atoms with Crippen LogP contribution >= 0.6 is 0 Å². The first-order chi connectivity index (χ1) is 7.67. The molecule has 0 heterocycles. The molecule has 0 aliphatic carbocycles. The third-order valence-electron chi connectivity index (χ3n) is 2.68. The summed E-state index contributed by atoms with van der Waals surface area (Å²) in [6.07, 6.45) is 4.80. The predicted octanol–water partition coefficient (Wildman–Crippen LogP) is 3.92. The molecule has 90 valence electrons. The van der Waals surface area contributed by atoms with Gasteiger partial charge < -0.3 is 10.5 Å². The second kappa shape index (κ2) is 6.41. The standard InChI is InChI=1S/C14H23NO/c1-4-6-12(7-5-2)16-14-9-8-11(3)10-13(14)15/h8-10,12H,4-7,15H2,1-3H3. The van der Waals surface area contributed by atoms with Gasteiger partial charge in [0.15, 0.2) is 0 Å². The van der Waals surface area contributed by atoms with Crippen molar-refractivity contribution in [2.24, 2.45) is 0 Å². The van der Waals surface area contributed by atoms with Gasteiger partial charge in [-0.25, -0.2) is 0 Å². The fourth-order valence-corrected chi connectivity index (χ4v) is 1.86. The molecule has 0 radical (unpaired) electrons. The van der Waals surface area contributed by atoms with Crippen LogP contribution in [0.2, 0.25) is 0 Å². The SMILES string of the molecule is CCCC(CCC)Oc1ccc(C)cc1N. The molecule has 0 saturated carbocycles. The molecule has 0 unspecified atom stereocenters. The summed E-state index contributed by atoms with van der Waals surface area (Å²) in [5.41, 5.74) is 7.86. The fourth-order valence-electron chi connectivity index (χ4n) is 1.86. The molecule has 16 heavy (non-hydrogen) atoms. The van der Waals surface area contributed by atoms with Crippen LogP contribution in [0, 0.1) is 6.92 Å². The van der Waals surface area contributed by atoms with E-state index in [0.717, 1.165) is 37.1 Å². The Morgan fingerprint density at radius 2 is 1.81 bits per heavy atom. The van der Waals surface area contributed by atoms with Crippen molar-refractivity contribution in [1.82, 2.24) is 0 Å². The van der Waals surface area contributed by atoms with E-state index in [1.54, 1.807) is 0 Å². The van der Waals surface area contributed by atoms with Crippen molar-refractivity contribution in [3.63, 3.8) is 0 Å². The molecule has 0 atom stereocenters. The van der Waals surface area contributed by atoms with Gasteiger partial charge >= 0.3 is 0 Å². The van der Waals surface area contributed by atoms with E-state index in [1.807, 2.05) is 25.1 Å². The van der Waals surface area contributed by atoms with Crippen molar-refractivity contribution in [3.05, 3.63) is 23.8 Å². The van der Waals surface area contributed by atoms with Gasteiger partial charge in [0.25, 0.3) is 0 Å². The van der Waals surface area contributed by atoms with Gasteiger partial charge in [-0.05, 0) is 37.5 Å². The van der Waals surface area contributed by atoms with Crippen molar-refractivity contribution in [3.8, 4) is 5.75 Å². The van der Waals surface area contributed by atoms with Crippen LogP contribution < -0.4 is 10.5 Å². The Morgan fingerprint density at radius 3 is 2.31 bits per heavy atom. The van der Waals surface area contributed by atoms with Crippen LogP contribution in [-0.4, -0.2) is 6.10 Å². The smallest absolute Gasteiger partial charge is 0.142 e. The summed E-state index contributed by atoms with van der Waals surface area (Å²) in [5.74, 6) is 0.831. The topological polar surface area (TPSA) is 35.2 Å². The average molecular weight is 221 g/mol. The number of rotatable bonds is 6. The van der Waals surface area contributed by atoms with E-state index in [9.17, 15) is 0 Å². The summed E-state index contributed by atoms with van der Waals surface area (Å²) in [6.45, 7) is 6.41. The molecule has 2 heteroatoms. The van der Waals surface area contributed by atoms with E-state index in [4.69, 9.17) is 10.5 Å². The lowest BCUT2D eigenvalue weighted by molar-refractivity contribution is 0.180. The molecule has 2 nitrogen and oxygen atoms in total. The Hall–Kier alpha value is -1.18. The van der Waals surface area contributed by atoms with Gasteiger partial charge in [0.2, 0.25) is 0 Å². The predicted molar refractivity (Wildman–Crippen MR) is 69.8 cm³/mol. The second-order valence-corrected chi connectivity index (χ2v) is 4.36. The van der Waals surface area contributed by atoms with Crippen molar-refractivity contribution in [1.29, 1.82) is 0 Å². The van der Waals surface area contributed by atoms with E-state index in [2.05, 4.69) is 13.8 Å².